The van der Waals surface area contributed by atoms with Crippen molar-refractivity contribution >= 4 is 16.8 Å². The van der Waals surface area contributed by atoms with Gasteiger partial charge in [0.15, 0.2) is 0 Å². The molecular weight excluding hydrogens is 402 g/mol. The van der Waals surface area contributed by atoms with Crippen molar-refractivity contribution in [3.63, 3.8) is 0 Å². The Hall–Kier alpha value is -3.93. The number of nitrogens with one attached hydrogen (secondary N) is 1. The van der Waals surface area contributed by atoms with Crippen LogP contribution >= 0.6 is 0 Å². The van der Waals surface area contributed by atoms with Gasteiger partial charge in [-0.15, -0.1) is 0 Å². The van der Waals surface area contributed by atoms with E-state index < -0.39 is 11.2 Å². The highest BCUT2D eigenvalue weighted by Crippen LogP contribution is 2.15. The lowest BCUT2D eigenvalue weighted by molar-refractivity contribution is -0.122. The van der Waals surface area contributed by atoms with Gasteiger partial charge in [-0.2, -0.15) is 0 Å². The third-order valence-corrected chi connectivity index (χ3v) is 5.54. The number of benzene rings is 3. The standard InChI is InChI=1S/C26H25N3O3/c1-17-8-7-11-21(14-17)29-25(31)22-15-18(2)12-13-23(22)28(26(29)32)16-24(30)27-19(3)20-9-5-4-6-10-20/h4-15,19H,16H2,1-3H3,(H,27,30). The van der Waals surface area contributed by atoms with Crippen molar-refractivity contribution in [3.8, 4) is 5.69 Å². The van der Waals surface area contributed by atoms with E-state index in [9.17, 15) is 14.4 Å². The monoisotopic (exact) mass is 427 g/mol. The highest BCUT2D eigenvalue weighted by atomic mass is 16.2. The summed E-state index contributed by atoms with van der Waals surface area (Å²) in [7, 11) is 0. The molecule has 0 aliphatic heterocycles. The summed E-state index contributed by atoms with van der Waals surface area (Å²) >= 11 is 0. The summed E-state index contributed by atoms with van der Waals surface area (Å²) in [6.45, 7) is 5.49. The Bertz CT molecular complexity index is 1420. The number of rotatable bonds is 5. The minimum absolute atomic E-state index is 0.193. The maximum atomic E-state index is 13.4. The first-order valence-corrected chi connectivity index (χ1v) is 10.5. The molecule has 4 rings (SSSR count). The Morgan fingerprint density at radius 1 is 0.906 bits per heavy atom. The molecule has 1 heterocycles. The topological polar surface area (TPSA) is 73.1 Å². The van der Waals surface area contributed by atoms with E-state index in [1.165, 1.54) is 4.57 Å². The van der Waals surface area contributed by atoms with Crippen LogP contribution in [0.1, 0.15) is 29.7 Å². The van der Waals surface area contributed by atoms with Crippen LogP contribution in [0, 0.1) is 13.8 Å². The van der Waals surface area contributed by atoms with Crippen LogP contribution in [0.5, 0.6) is 0 Å². The van der Waals surface area contributed by atoms with E-state index >= 15 is 0 Å². The van der Waals surface area contributed by atoms with E-state index in [-0.39, 0.29) is 18.5 Å². The molecule has 0 aliphatic rings. The number of hydrogen-bond donors (Lipinski definition) is 1. The molecular formula is C26H25N3O3. The van der Waals surface area contributed by atoms with Gasteiger partial charge in [0.2, 0.25) is 5.91 Å². The van der Waals surface area contributed by atoms with Gasteiger partial charge in [0.1, 0.15) is 6.54 Å². The van der Waals surface area contributed by atoms with Gasteiger partial charge in [0, 0.05) is 0 Å². The molecule has 1 amide bonds. The van der Waals surface area contributed by atoms with Crippen LogP contribution in [0.3, 0.4) is 0 Å². The number of aryl methyl sites for hydroxylation is 2. The average Bonchev–Trinajstić information content (AvgIpc) is 2.77. The molecule has 3 aromatic carbocycles. The number of fused-ring (bicyclic) bond motifs is 1. The number of nitrogens with zero attached hydrogens (tertiary/aromatic N) is 2. The second-order valence-electron chi connectivity index (χ2n) is 8.07. The molecule has 6 nitrogen and oxygen atoms in total. The Kier molecular flexibility index (Phi) is 5.77. The summed E-state index contributed by atoms with van der Waals surface area (Å²) in [5.74, 6) is -0.306. The smallest absolute Gasteiger partial charge is 0.336 e. The molecule has 0 saturated carbocycles. The van der Waals surface area contributed by atoms with Crippen LogP contribution in [0.25, 0.3) is 16.6 Å². The molecule has 1 unspecified atom stereocenters. The number of carbonyl (C=O) groups excluding carboxylic acids is 1. The van der Waals surface area contributed by atoms with Gasteiger partial charge in [-0.1, -0.05) is 54.1 Å². The predicted molar refractivity (Wildman–Crippen MR) is 126 cm³/mol. The fourth-order valence-corrected chi connectivity index (χ4v) is 3.89. The van der Waals surface area contributed by atoms with E-state index in [1.54, 1.807) is 30.3 Å². The molecule has 1 atom stereocenters. The fourth-order valence-electron chi connectivity index (χ4n) is 3.89. The molecule has 0 spiro atoms. The van der Waals surface area contributed by atoms with E-state index in [2.05, 4.69) is 5.32 Å². The van der Waals surface area contributed by atoms with E-state index in [1.807, 2.05) is 63.2 Å². The number of aromatic nitrogens is 2. The zero-order valence-electron chi connectivity index (χ0n) is 18.3. The summed E-state index contributed by atoms with van der Waals surface area (Å²) in [6, 6.07) is 21.9. The molecule has 0 fully saturated rings. The van der Waals surface area contributed by atoms with Crippen LogP contribution in [0.15, 0.2) is 82.4 Å². The zero-order valence-corrected chi connectivity index (χ0v) is 18.3. The van der Waals surface area contributed by atoms with E-state index in [0.717, 1.165) is 21.3 Å². The third kappa shape index (κ3) is 4.12. The quantitative estimate of drug-likeness (QED) is 0.528. The molecule has 32 heavy (non-hydrogen) atoms. The third-order valence-electron chi connectivity index (χ3n) is 5.54. The summed E-state index contributed by atoms with van der Waals surface area (Å²) in [6.07, 6.45) is 0. The average molecular weight is 428 g/mol. The fraction of sp³-hybridized carbons (Fsp3) is 0.192. The Morgan fingerprint density at radius 2 is 1.62 bits per heavy atom. The Balaban J connectivity index is 1.81. The lowest BCUT2D eigenvalue weighted by atomic mass is 10.1. The highest BCUT2D eigenvalue weighted by molar-refractivity contribution is 5.82. The predicted octanol–water partition coefficient (Wildman–Crippen LogP) is 3.65. The van der Waals surface area contributed by atoms with Crippen molar-refractivity contribution in [2.75, 3.05) is 0 Å². The SMILES string of the molecule is Cc1cccc(-n2c(=O)c3cc(C)ccc3n(CC(=O)NC(C)c3ccccc3)c2=O)c1. The van der Waals surface area contributed by atoms with Crippen molar-refractivity contribution in [3.05, 3.63) is 110 Å². The second-order valence-corrected chi connectivity index (χ2v) is 8.07. The molecule has 0 radical (unpaired) electrons. The molecule has 6 heteroatoms. The van der Waals surface area contributed by atoms with Crippen molar-refractivity contribution < 1.29 is 4.79 Å². The highest BCUT2D eigenvalue weighted by Gasteiger charge is 2.18. The van der Waals surface area contributed by atoms with Gasteiger partial charge in [-0.05, 0) is 56.2 Å². The van der Waals surface area contributed by atoms with Crippen LogP contribution in [0.4, 0.5) is 0 Å². The minimum Gasteiger partial charge on any atom is -0.348 e. The molecule has 1 N–H and O–H groups in total. The summed E-state index contributed by atoms with van der Waals surface area (Å²) in [4.78, 5) is 39.6. The molecule has 0 saturated heterocycles. The lowest BCUT2D eigenvalue weighted by Crippen LogP contribution is -2.42. The van der Waals surface area contributed by atoms with Crippen LogP contribution in [-0.2, 0) is 11.3 Å². The van der Waals surface area contributed by atoms with Gasteiger partial charge in [0.05, 0.1) is 22.6 Å². The van der Waals surface area contributed by atoms with Gasteiger partial charge in [-0.3, -0.25) is 14.2 Å². The van der Waals surface area contributed by atoms with Gasteiger partial charge in [-0.25, -0.2) is 9.36 Å². The van der Waals surface area contributed by atoms with Gasteiger partial charge >= 0.3 is 5.69 Å². The number of hydrogen-bond acceptors (Lipinski definition) is 3. The van der Waals surface area contributed by atoms with E-state index in [4.69, 9.17) is 0 Å². The maximum Gasteiger partial charge on any atom is 0.336 e. The molecule has 4 aromatic rings. The lowest BCUT2D eigenvalue weighted by Gasteiger charge is -2.17. The first-order valence-electron chi connectivity index (χ1n) is 10.5. The maximum absolute atomic E-state index is 13.4. The normalized spacial score (nSPS) is 12.0. The van der Waals surface area contributed by atoms with Crippen molar-refractivity contribution in [2.24, 2.45) is 0 Å². The largest absolute Gasteiger partial charge is 0.348 e. The van der Waals surface area contributed by atoms with Crippen LogP contribution in [0.2, 0.25) is 0 Å². The molecule has 162 valence electrons. The summed E-state index contributed by atoms with van der Waals surface area (Å²) in [5, 5.41) is 3.34. The Labute approximate surface area is 185 Å². The zero-order chi connectivity index (χ0) is 22.8. The Morgan fingerprint density at radius 3 is 2.34 bits per heavy atom. The van der Waals surface area contributed by atoms with E-state index in [0.29, 0.717) is 16.6 Å². The molecule has 0 aliphatic carbocycles. The number of carbonyl (C=O) groups is 1. The second kappa shape index (κ2) is 8.67. The first kappa shape index (κ1) is 21.3. The molecule has 0 bridgehead atoms. The number of amides is 1. The van der Waals surface area contributed by atoms with Crippen molar-refractivity contribution in [2.45, 2.75) is 33.4 Å². The van der Waals surface area contributed by atoms with Gasteiger partial charge in [0.25, 0.3) is 5.56 Å². The summed E-state index contributed by atoms with van der Waals surface area (Å²) < 4.78 is 2.51. The van der Waals surface area contributed by atoms with Crippen LogP contribution in [-0.4, -0.2) is 15.0 Å². The van der Waals surface area contributed by atoms with Crippen molar-refractivity contribution in [1.29, 1.82) is 0 Å². The van der Waals surface area contributed by atoms with Gasteiger partial charge < -0.3 is 5.32 Å². The first-order chi connectivity index (χ1) is 15.3. The summed E-state index contributed by atoms with van der Waals surface area (Å²) in [5.41, 5.74) is 2.79. The molecule has 1 aromatic heterocycles. The minimum atomic E-state index is -0.542. The van der Waals surface area contributed by atoms with Crippen molar-refractivity contribution in [1.82, 2.24) is 14.5 Å². The van der Waals surface area contributed by atoms with Crippen LogP contribution < -0.4 is 16.6 Å².